The number of nitrogens with zero attached hydrogens (tertiary/aromatic N) is 3. The number of benzene rings is 1. The van der Waals surface area contributed by atoms with Gasteiger partial charge in [-0.1, -0.05) is 27.2 Å². The lowest BCUT2D eigenvalue weighted by molar-refractivity contribution is -0.0448. The minimum Gasteiger partial charge on any atom is -0.364 e. The summed E-state index contributed by atoms with van der Waals surface area (Å²) in [5, 5.41) is 0. The van der Waals surface area contributed by atoms with E-state index in [9.17, 15) is 13.0 Å². The van der Waals surface area contributed by atoms with Gasteiger partial charge in [0.25, 0.3) is 0 Å². The lowest BCUT2D eigenvalue weighted by atomic mass is 9.85. The van der Waals surface area contributed by atoms with Crippen LogP contribution >= 0.6 is 11.6 Å². The van der Waals surface area contributed by atoms with E-state index in [1.54, 1.807) is 0 Å². The van der Waals surface area contributed by atoms with Gasteiger partial charge >= 0.3 is 0 Å². The van der Waals surface area contributed by atoms with Gasteiger partial charge in [0.05, 0.1) is 22.8 Å². The number of fused-ring (bicyclic) bond motifs is 1. The SMILES string of the molecule is CC(C)(C)C1=Nc2cc(S(=O)N3CCCCC3)ccc2N(CC2CCC(F)(F)CC2)C1.CCl. The fourth-order valence-corrected chi connectivity index (χ4v) is 6.04. The van der Waals surface area contributed by atoms with E-state index >= 15 is 0 Å². The van der Waals surface area contributed by atoms with Gasteiger partial charge in [-0.3, -0.25) is 4.99 Å². The van der Waals surface area contributed by atoms with Crippen LogP contribution in [-0.4, -0.2) is 52.7 Å². The summed E-state index contributed by atoms with van der Waals surface area (Å²) < 4.78 is 42.4. The number of hydrogen-bond acceptors (Lipinski definition) is 3. The maximum absolute atomic E-state index is 13.6. The van der Waals surface area contributed by atoms with Gasteiger partial charge in [-0.05, 0) is 49.8 Å². The highest BCUT2D eigenvalue weighted by Gasteiger charge is 2.36. The molecule has 8 heteroatoms. The molecule has 3 aliphatic rings. The number of aliphatic imine (C=N–C) groups is 1. The molecule has 2 fully saturated rings. The molecule has 0 aromatic heterocycles. The van der Waals surface area contributed by atoms with Crippen molar-refractivity contribution in [3.8, 4) is 0 Å². The summed E-state index contributed by atoms with van der Waals surface area (Å²) in [5.74, 6) is -2.23. The van der Waals surface area contributed by atoms with Crippen molar-refractivity contribution in [3.05, 3.63) is 18.2 Å². The molecule has 2 heterocycles. The second-order valence-corrected chi connectivity index (χ2v) is 11.9. The third-order valence-electron chi connectivity index (χ3n) is 6.82. The van der Waals surface area contributed by atoms with Gasteiger partial charge in [-0.25, -0.2) is 17.3 Å². The van der Waals surface area contributed by atoms with Gasteiger partial charge in [0, 0.05) is 50.0 Å². The quantitative estimate of drug-likeness (QED) is 0.424. The zero-order valence-electron chi connectivity index (χ0n) is 20.4. The maximum Gasteiger partial charge on any atom is 0.248 e. The largest absolute Gasteiger partial charge is 0.364 e. The lowest BCUT2D eigenvalue weighted by Crippen LogP contribution is -2.42. The summed E-state index contributed by atoms with van der Waals surface area (Å²) in [6.07, 6.45) is 5.99. The third kappa shape index (κ3) is 6.76. The second-order valence-electron chi connectivity index (χ2n) is 10.4. The van der Waals surface area contributed by atoms with Crippen LogP contribution < -0.4 is 4.90 Å². The van der Waals surface area contributed by atoms with E-state index in [4.69, 9.17) is 4.99 Å². The Balaban J connectivity index is 0.00000149. The number of piperidine rings is 1. The molecule has 0 amide bonds. The zero-order chi connectivity index (χ0) is 24.2. The van der Waals surface area contributed by atoms with E-state index in [1.165, 1.54) is 12.8 Å². The molecule has 2 aliphatic heterocycles. The van der Waals surface area contributed by atoms with Crippen LogP contribution in [0.25, 0.3) is 0 Å². The molecule has 0 spiro atoms. The van der Waals surface area contributed by atoms with Gasteiger partial charge in [0.1, 0.15) is 11.0 Å². The Labute approximate surface area is 205 Å². The summed E-state index contributed by atoms with van der Waals surface area (Å²) in [6, 6.07) is 5.98. The topological polar surface area (TPSA) is 35.9 Å². The summed E-state index contributed by atoms with van der Waals surface area (Å²) in [4.78, 5) is 8.09. The number of hydrogen-bond donors (Lipinski definition) is 0. The molecule has 1 unspecified atom stereocenters. The Bertz CT molecular complexity index is 856. The number of halogens is 3. The molecule has 0 N–H and O–H groups in total. The first-order valence-corrected chi connectivity index (χ1v) is 13.9. The fraction of sp³-hybridized carbons (Fsp3) is 0.720. The minimum atomic E-state index is -2.50. The van der Waals surface area contributed by atoms with Crippen molar-refractivity contribution in [2.24, 2.45) is 16.3 Å². The van der Waals surface area contributed by atoms with Crippen LogP contribution in [0.15, 0.2) is 28.1 Å². The first kappa shape index (κ1) is 26.6. The molecule has 1 saturated carbocycles. The highest BCUT2D eigenvalue weighted by Crippen LogP contribution is 2.41. The molecule has 1 atom stereocenters. The molecule has 1 aromatic rings. The first-order chi connectivity index (χ1) is 15.6. The third-order valence-corrected chi connectivity index (χ3v) is 8.31. The van der Waals surface area contributed by atoms with Gasteiger partial charge in [-0.15, -0.1) is 11.6 Å². The van der Waals surface area contributed by atoms with Crippen molar-refractivity contribution in [1.29, 1.82) is 0 Å². The van der Waals surface area contributed by atoms with E-state index in [0.717, 1.165) is 61.0 Å². The molecule has 4 nitrogen and oxygen atoms in total. The van der Waals surface area contributed by atoms with Crippen LogP contribution in [0, 0.1) is 11.3 Å². The van der Waals surface area contributed by atoms with Crippen molar-refractivity contribution in [2.75, 3.05) is 37.5 Å². The predicted molar refractivity (Wildman–Crippen MR) is 136 cm³/mol. The smallest absolute Gasteiger partial charge is 0.248 e. The summed E-state index contributed by atoms with van der Waals surface area (Å²) in [7, 11) is -1.16. The summed E-state index contributed by atoms with van der Waals surface area (Å²) >= 11 is 4.64. The van der Waals surface area contributed by atoms with Crippen LogP contribution in [0.5, 0.6) is 0 Å². The fourth-order valence-electron chi connectivity index (χ4n) is 4.76. The molecule has 1 saturated heterocycles. The first-order valence-electron chi connectivity index (χ1n) is 12.0. The van der Waals surface area contributed by atoms with Crippen LogP contribution in [0.4, 0.5) is 20.2 Å². The highest BCUT2D eigenvalue weighted by molar-refractivity contribution is 7.82. The molecule has 0 radical (unpaired) electrons. The molecule has 186 valence electrons. The lowest BCUT2D eigenvalue weighted by Gasteiger charge is -2.38. The maximum atomic E-state index is 13.6. The van der Waals surface area contributed by atoms with E-state index in [2.05, 4.69) is 41.6 Å². The van der Waals surface area contributed by atoms with Crippen molar-refractivity contribution in [2.45, 2.75) is 76.5 Å². The van der Waals surface area contributed by atoms with Crippen LogP contribution in [0.2, 0.25) is 0 Å². The average Bonchev–Trinajstić information content (AvgIpc) is 2.80. The van der Waals surface area contributed by atoms with E-state index < -0.39 is 16.9 Å². The van der Waals surface area contributed by atoms with Crippen LogP contribution in [-0.2, 0) is 11.0 Å². The molecule has 1 aliphatic carbocycles. The van der Waals surface area contributed by atoms with Crippen molar-refractivity contribution < 1.29 is 13.0 Å². The molecule has 1 aromatic carbocycles. The number of anilines is 1. The predicted octanol–water partition coefficient (Wildman–Crippen LogP) is 6.81. The Hall–Kier alpha value is -1.05. The highest BCUT2D eigenvalue weighted by atomic mass is 35.5. The molecular formula is C25H38ClF2N3OS. The van der Waals surface area contributed by atoms with Gasteiger partial charge in [-0.2, -0.15) is 0 Å². The Morgan fingerprint density at radius 1 is 1.12 bits per heavy atom. The molecule has 33 heavy (non-hydrogen) atoms. The van der Waals surface area contributed by atoms with Crippen LogP contribution in [0.3, 0.4) is 0 Å². The summed E-state index contributed by atoms with van der Waals surface area (Å²) in [6.45, 7) is 9.71. The molecular weight excluding hydrogens is 464 g/mol. The minimum absolute atomic E-state index is 0.00760. The van der Waals surface area contributed by atoms with Gasteiger partial charge < -0.3 is 4.90 Å². The molecule has 4 rings (SSSR count). The van der Waals surface area contributed by atoms with Crippen molar-refractivity contribution >= 4 is 39.7 Å². The van der Waals surface area contributed by atoms with Gasteiger partial charge in [0.15, 0.2) is 0 Å². The van der Waals surface area contributed by atoms with E-state index in [0.29, 0.717) is 12.8 Å². The Morgan fingerprint density at radius 3 is 2.36 bits per heavy atom. The molecule has 0 bridgehead atoms. The Kier molecular flexibility index (Phi) is 8.95. The van der Waals surface area contributed by atoms with E-state index in [1.807, 2.05) is 18.2 Å². The van der Waals surface area contributed by atoms with Crippen molar-refractivity contribution in [1.82, 2.24) is 4.31 Å². The summed E-state index contributed by atoms with van der Waals surface area (Å²) in [5.41, 5.74) is 2.89. The average molecular weight is 502 g/mol. The number of alkyl halides is 3. The monoisotopic (exact) mass is 501 g/mol. The van der Waals surface area contributed by atoms with Crippen LogP contribution in [0.1, 0.15) is 65.7 Å². The van der Waals surface area contributed by atoms with E-state index in [-0.39, 0.29) is 24.2 Å². The standard InChI is InChI=1S/C24H35F2N3OS.CH3Cl/c1-23(2,3)22-17-28(16-18-9-11-24(25,26)12-10-18)21-8-7-19(15-20(21)27-22)31(30)29-13-5-4-6-14-29;1-2/h7-8,15,18H,4-6,9-14,16-17H2,1-3H3;1H3. The zero-order valence-corrected chi connectivity index (χ0v) is 22.0. The van der Waals surface area contributed by atoms with Gasteiger partial charge in [0.2, 0.25) is 5.92 Å². The Morgan fingerprint density at radius 2 is 1.76 bits per heavy atom. The second kappa shape index (κ2) is 11.1. The number of rotatable bonds is 4. The normalized spacial score (nSPS) is 22.6. The van der Waals surface area contributed by atoms with Crippen molar-refractivity contribution in [3.63, 3.8) is 0 Å².